The number of para-hydroxylation sites is 1. The largest absolute Gasteiger partial charge is 0.382 e. The van der Waals surface area contributed by atoms with Crippen LogP contribution in [0.15, 0.2) is 18.2 Å². The van der Waals surface area contributed by atoms with Crippen molar-refractivity contribution in [1.82, 2.24) is 10.0 Å². The third-order valence-corrected chi connectivity index (χ3v) is 4.14. The van der Waals surface area contributed by atoms with Crippen LogP contribution in [0.25, 0.3) is 0 Å². The molecule has 1 aromatic carbocycles. The van der Waals surface area contributed by atoms with Crippen molar-refractivity contribution in [2.45, 2.75) is 13.3 Å². The molecular weight excluding hydrogens is 297 g/mol. The number of carbonyl (C=O) groups is 1. The maximum Gasteiger partial charge on any atom is 0.253 e. The monoisotopic (exact) mass is 317 g/mol. The van der Waals surface area contributed by atoms with Crippen LogP contribution in [0.2, 0.25) is 0 Å². The zero-order valence-electron chi connectivity index (χ0n) is 12.1. The van der Waals surface area contributed by atoms with Gasteiger partial charge in [-0.1, -0.05) is 13.0 Å². The van der Waals surface area contributed by atoms with Crippen molar-refractivity contribution in [3.05, 3.63) is 29.6 Å². The quantitative estimate of drug-likeness (QED) is 0.665. The predicted molar refractivity (Wildman–Crippen MR) is 80.4 cm³/mol. The number of nitrogens with one attached hydrogen (secondary N) is 3. The third-order valence-electron chi connectivity index (χ3n) is 2.78. The van der Waals surface area contributed by atoms with Crippen molar-refractivity contribution in [2.75, 3.05) is 31.2 Å². The van der Waals surface area contributed by atoms with Gasteiger partial charge in [-0.25, -0.2) is 17.5 Å². The molecule has 0 radical (unpaired) electrons. The van der Waals surface area contributed by atoms with Crippen molar-refractivity contribution in [2.24, 2.45) is 0 Å². The Balaban J connectivity index is 2.76. The lowest BCUT2D eigenvalue weighted by molar-refractivity contribution is 0.0956. The summed E-state index contributed by atoms with van der Waals surface area (Å²) in [6.45, 7) is 2.41. The molecule has 0 aliphatic rings. The Hall–Kier alpha value is -1.67. The van der Waals surface area contributed by atoms with E-state index in [-0.39, 0.29) is 23.5 Å². The number of hydrogen-bond donors (Lipinski definition) is 3. The Morgan fingerprint density at radius 2 is 2.00 bits per heavy atom. The zero-order chi connectivity index (χ0) is 15.9. The van der Waals surface area contributed by atoms with Gasteiger partial charge in [0.2, 0.25) is 10.0 Å². The summed E-state index contributed by atoms with van der Waals surface area (Å²) in [6.07, 6.45) is 0.788. The molecule has 1 rings (SSSR count). The van der Waals surface area contributed by atoms with E-state index >= 15 is 0 Å². The molecule has 3 N–H and O–H groups in total. The molecule has 0 fully saturated rings. The molecule has 0 aromatic heterocycles. The highest BCUT2D eigenvalue weighted by atomic mass is 32.2. The van der Waals surface area contributed by atoms with Gasteiger partial charge in [0, 0.05) is 13.1 Å². The van der Waals surface area contributed by atoms with E-state index in [1.165, 1.54) is 25.2 Å². The van der Waals surface area contributed by atoms with Gasteiger partial charge in [-0.2, -0.15) is 0 Å². The molecule has 1 aromatic rings. The van der Waals surface area contributed by atoms with Crippen LogP contribution in [0, 0.1) is 5.82 Å². The van der Waals surface area contributed by atoms with Crippen molar-refractivity contribution in [1.29, 1.82) is 0 Å². The lowest BCUT2D eigenvalue weighted by atomic mass is 10.1. The SMILES string of the molecule is CCCNc1c(F)cccc1C(=O)NCCS(=O)(=O)NC. The topological polar surface area (TPSA) is 87.3 Å². The number of hydrogen-bond acceptors (Lipinski definition) is 4. The summed E-state index contributed by atoms with van der Waals surface area (Å²) in [5, 5.41) is 5.33. The van der Waals surface area contributed by atoms with E-state index in [0.29, 0.717) is 6.54 Å². The van der Waals surface area contributed by atoms with Gasteiger partial charge in [-0.15, -0.1) is 0 Å². The number of anilines is 1. The van der Waals surface area contributed by atoms with Crippen LogP contribution in [0.5, 0.6) is 0 Å². The summed E-state index contributed by atoms with van der Waals surface area (Å²) in [4.78, 5) is 12.0. The van der Waals surface area contributed by atoms with Crippen LogP contribution in [-0.4, -0.2) is 40.2 Å². The van der Waals surface area contributed by atoms with Gasteiger partial charge in [0.1, 0.15) is 5.82 Å². The van der Waals surface area contributed by atoms with Crippen molar-refractivity contribution < 1.29 is 17.6 Å². The smallest absolute Gasteiger partial charge is 0.253 e. The maximum absolute atomic E-state index is 13.8. The molecule has 0 atom stereocenters. The Morgan fingerprint density at radius 1 is 1.29 bits per heavy atom. The standard InChI is InChI=1S/C13H20FN3O3S/c1-3-7-16-12-10(5-4-6-11(12)14)13(18)17-8-9-21(19,20)15-2/h4-6,15-16H,3,7-9H2,1-2H3,(H,17,18). The average Bonchev–Trinajstić information content (AvgIpc) is 2.45. The van der Waals surface area contributed by atoms with E-state index in [1.54, 1.807) is 0 Å². The lowest BCUT2D eigenvalue weighted by Crippen LogP contribution is -2.33. The fraction of sp³-hybridized carbons (Fsp3) is 0.462. The van der Waals surface area contributed by atoms with Crippen LogP contribution >= 0.6 is 0 Å². The van der Waals surface area contributed by atoms with Gasteiger partial charge in [-0.05, 0) is 25.6 Å². The summed E-state index contributed by atoms with van der Waals surface area (Å²) in [6, 6.07) is 4.19. The lowest BCUT2D eigenvalue weighted by Gasteiger charge is -2.12. The molecule has 0 heterocycles. The molecule has 21 heavy (non-hydrogen) atoms. The van der Waals surface area contributed by atoms with Gasteiger partial charge < -0.3 is 10.6 Å². The summed E-state index contributed by atoms with van der Waals surface area (Å²) >= 11 is 0. The van der Waals surface area contributed by atoms with Crippen molar-refractivity contribution >= 4 is 21.6 Å². The molecular formula is C13H20FN3O3S. The van der Waals surface area contributed by atoms with Crippen LogP contribution in [-0.2, 0) is 10.0 Å². The van der Waals surface area contributed by atoms with E-state index in [1.807, 2.05) is 6.92 Å². The van der Waals surface area contributed by atoms with Gasteiger partial charge in [0.15, 0.2) is 0 Å². The van der Waals surface area contributed by atoms with E-state index in [4.69, 9.17) is 0 Å². The Morgan fingerprint density at radius 3 is 2.62 bits per heavy atom. The average molecular weight is 317 g/mol. The van der Waals surface area contributed by atoms with E-state index < -0.39 is 21.7 Å². The fourth-order valence-corrected chi connectivity index (χ4v) is 2.21. The second kappa shape index (κ2) is 7.94. The minimum atomic E-state index is -3.38. The zero-order valence-corrected chi connectivity index (χ0v) is 12.9. The molecule has 0 aliphatic heterocycles. The number of amides is 1. The van der Waals surface area contributed by atoms with Crippen LogP contribution in [0.1, 0.15) is 23.7 Å². The van der Waals surface area contributed by atoms with Crippen molar-refractivity contribution in [3.8, 4) is 0 Å². The van der Waals surface area contributed by atoms with Crippen molar-refractivity contribution in [3.63, 3.8) is 0 Å². The third kappa shape index (κ3) is 5.31. The highest BCUT2D eigenvalue weighted by Gasteiger charge is 2.15. The predicted octanol–water partition coefficient (Wildman–Crippen LogP) is 0.927. The van der Waals surface area contributed by atoms with Gasteiger partial charge in [0.25, 0.3) is 5.91 Å². The second-order valence-corrected chi connectivity index (χ2v) is 6.41. The van der Waals surface area contributed by atoms with E-state index in [9.17, 15) is 17.6 Å². The molecule has 0 saturated carbocycles. The second-order valence-electron chi connectivity index (χ2n) is 4.37. The number of carbonyl (C=O) groups excluding carboxylic acids is 1. The summed E-state index contributed by atoms with van der Waals surface area (Å²) in [7, 11) is -2.08. The Kier molecular flexibility index (Phi) is 6.57. The molecule has 0 unspecified atom stereocenters. The normalized spacial score (nSPS) is 11.2. The number of benzene rings is 1. The highest BCUT2D eigenvalue weighted by molar-refractivity contribution is 7.89. The van der Waals surface area contributed by atoms with E-state index in [2.05, 4.69) is 15.4 Å². The molecule has 6 nitrogen and oxygen atoms in total. The summed E-state index contributed by atoms with van der Waals surface area (Å²) < 4.78 is 38.4. The Labute approximate surface area is 124 Å². The minimum Gasteiger partial charge on any atom is -0.382 e. The number of halogens is 1. The molecule has 118 valence electrons. The maximum atomic E-state index is 13.8. The van der Waals surface area contributed by atoms with Crippen LogP contribution in [0.4, 0.5) is 10.1 Å². The van der Waals surface area contributed by atoms with Crippen LogP contribution < -0.4 is 15.4 Å². The first-order valence-electron chi connectivity index (χ1n) is 6.63. The molecule has 8 heteroatoms. The summed E-state index contributed by atoms with van der Waals surface area (Å²) in [5.41, 5.74) is 0.290. The highest BCUT2D eigenvalue weighted by Crippen LogP contribution is 2.19. The first-order chi connectivity index (χ1) is 9.91. The molecule has 0 aliphatic carbocycles. The van der Waals surface area contributed by atoms with Crippen LogP contribution in [0.3, 0.4) is 0 Å². The first-order valence-corrected chi connectivity index (χ1v) is 8.28. The Bertz CT molecular complexity index is 590. The first kappa shape index (κ1) is 17.4. The molecule has 0 spiro atoms. The van der Waals surface area contributed by atoms with Gasteiger partial charge in [0.05, 0.1) is 17.0 Å². The van der Waals surface area contributed by atoms with Gasteiger partial charge in [-0.3, -0.25) is 4.79 Å². The van der Waals surface area contributed by atoms with Gasteiger partial charge >= 0.3 is 0 Å². The minimum absolute atomic E-state index is 0.0499. The molecule has 0 bridgehead atoms. The number of sulfonamides is 1. The van der Waals surface area contributed by atoms with E-state index in [0.717, 1.165) is 6.42 Å². The molecule has 0 saturated heterocycles. The number of rotatable bonds is 8. The fourth-order valence-electron chi connectivity index (χ4n) is 1.64. The molecule has 1 amide bonds. The summed E-state index contributed by atoms with van der Waals surface area (Å²) in [5.74, 6) is -1.26.